The number of benzene rings is 1. The van der Waals surface area contributed by atoms with Gasteiger partial charge in [0.25, 0.3) is 5.56 Å². The molecule has 1 fully saturated rings. The monoisotopic (exact) mass is 432 g/mol. The van der Waals surface area contributed by atoms with Crippen LogP contribution in [0.4, 0.5) is 17.6 Å². The largest absolute Gasteiger partial charge is 0.454 e. The van der Waals surface area contributed by atoms with E-state index >= 15 is 0 Å². The van der Waals surface area contributed by atoms with Crippen LogP contribution in [0.25, 0.3) is 11.1 Å². The van der Waals surface area contributed by atoms with Gasteiger partial charge in [-0.15, -0.1) is 0 Å². The minimum atomic E-state index is -4.87. The van der Waals surface area contributed by atoms with Gasteiger partial charge in [0.15, 0.2) is 11.6 Å². The molecule has 0 unspecified atom stereocenters. The molecule has 1 saturated carbocycles. The summed E-state index contributed by atoms with van der Waals surface area (Å²) in [6, 6.07) is 6.87. The number of pyridine rings is 2. The third kappa shape index (κ3) is 4.62. The molecular formula is C23H20F4N2O2. The van der Waals surface area contributed by atoms with E-state index in [2.05, 4.69) is 9.97 Å². The van der Waals surface area contributed by atoms with Gasteiger partial charge in [-0.05, 0) is 62.3 Å². The zero-order valence-corrected chi connectivity index (χ0v) is 16.9. The molecule has 1 N–H and O–H groups in total. The van der Waals surface area contributed by atoms with Crippen molar-refractivity contribution in [1.82, 2.24) is 9.97 Å². The first-order valence-electron chi connectivity index (χ1n) is 9.86. The molecule has 162 valence electrons. The van der Waals surface area contributed by atoms with Crippen LogP contribution in [-0.4, -0.2) is 9.97 Å². The Morgan fingerprint density at radius 2 is 1.81 bits per heavy atom. The molecule has 0 amide bonds. The summed E-state index contributed by atoms with van der Waals surface area (Å²) in [5.41, 5.74) is -1.11. The van der Waals surface area contributed by atoms with Crippen molar-refractivity contribution in [2.24, 2.45) is 5.92 Å². The summed E-state index contributed by atoms with van der Waals surface area (Å²) in [5, 5.41) is 0. The van der Waals surface area contributed by atoms with Crippen LogP contribution in [-0.2, 0) is 12.6 Å². The number of nitrogens with zero attached hydrogens (tertiary/aromatic N) is 1. The zero-order valence-electron chi connectivity index (χ0n) is 16.9. The van der Waals surface area contributed by atoms with Crippen LogP contribution >= 0.6 is 0 Å². The van der Waals surface area contributed by atoms with Gasteiger partial charge in [0.1, 0.15) is 11.3 Å². The number of aryl methyl sites for hydroxylation is 2. The Morgan fingerprint density at radius 1 is 1.13 bits per heavy atom. The Balaban J connectivity index is 1.78. The van der Waals surface area contributed by atoms with Gasteiger partial charge in [0.2, 0.25) is 0 Å². The Morgan fingerprint density at radius 3 is 2.39 bits per heavy atom. The molecule has 0 atom stereocenters. The topological polar surface area (TPSA) is 55.0 Å². The second-order valence-electron chi connectivity index (χ2n) is 7.87. The molecule has 2 aromatic heterocycles. The van der Waals surface area contributed by atoms with Crippen LogP contribution in [0.2, 0.25) is 0 Å². The second-order valence-corrected chi connectivity index (χ2v) is 7.87. The number of hydrogen-bond acceptors (Lipinski definition) is 3. The Bertz CT molecular complexity index is 1180. The second kappa shape index (κ2) is 7.83. The van der Waals surface area contributed by atoms with Gasteiger partial charge < -0.3 is 9.72 Å². The SMILES string of the molecule is Cc1cc(Oc2ccc(-c3c(CC4CC4)c[nH]c(=O)c3C(F)(F)F)cc2F)cc(C)n1. The minimum Gasteiger partial charge on any atom is -0.454 e. The standard InChI is InChI=1S/C23H20F4N2O2/c1-12-7-17(8-13(2)29-12)31-19-6-5-15(10-18(19)24)20-16(9-14-3-4-14)11-28-22(30)21(20)23(25,26)27/h5-8,10-11,14H,3-4,9H2,1-2H3,(H,28,30). The lowest BCUT2D eigenvalue weighted by atomic mass is 9.93. The highest BCUT2D eigenvalue weighted by atomic mass is 19.4. The molecule has 0 radical (unpaired) electrons. The normalized spacial score (nSPS) is 14.0. The molecule has 4 nitrogen and oxygen atoms in total. The number of rotatable bonds is 5. The number of nitrogens with one attached hydrogen (secondary N) is 1. The average molecular weight is 432 g/mol. The zero-order chi connectivity index (χ0) is 22.3. The summed E-state index contributed by atoms with van der Waals surface area (Å²) in [4.78, 5) is 18.5. The minimum absolute atomic E-state index is 0.0129. The first kappa shape index (κ1) is 21.1. The molecule has 1 aliphatic rings. The molecule has 1 aromatic carbocycles. The molecule has 0 aliphatic heterocycles. The number of hydrogen-bond donors (Lipinski definition) is 1. The average Bonchev–Trinajstić information content (AvgIpc) is 3.47. The fourth-order valence-electron chi connectivity index (χ4n) is 3.69. The summed E-state index contributed by atoms with van der Waals surface area (Å²) in [6.07, 6.45) is -1.33. The van der Waals surface area contributed by atoms with Crippen LogP contribution in [0, 0.1) is 25.6 Å². The van der Waals surface area contributed by atoms with Gasteiger partial charge in [0.05, 0.1) is 0 Å². The Labute approximate surface area is 175 Å². The quantitative estimate of drug-likeness (QED) is 0.507. The van der Waals surface area contributed by atoms with E-state index in [-0.39, 0.29) is 22.8 Å². The number of halogens is 4. The number of ether oxygens (including phenoxy) is 1. The molecule has 3 aromatic rings. The molecule has 4 rings (SSSR count). The van der Waals surface area contributed by atoms with E-state index in [1.165, 1.54) is 18.3 Å². The van der Waals surface area contributed by atoms with Crippen LogP contribution in [0.15, 0.2) is 41.3 Å². The van der Waals surface area contributed by atoms with Gasteiger partial charge in [-0.3, -0.25) is 9.78 Å². The first-order valence-corrected chi connectivity index (χ1v) is 9.86. The van der Waals surface area contributed by atoms with Gasteiger partial charge in [0, 0.05) is 35.3 Å². The van der Waals surface area contributed by atoms with Crippen molar-refractivity contribution in [2.45, 2.75) is 39.3 Å². The maximum absolute atomic E-state index is 14.9. The summed E-state index contributed by atoms with van der Waals surface area (Å²) in [6.45, 7) is 3.54. The molecular weight excluding hydrogens is 412 g/mol. The molecule has 0 bridgehead atoms. The molecule has 31 heavy (non-hydrogen) atoms. The number of H-pyrrole nitrogens is 1. The van der Waals surface area contributed by atoms with Gasteiger partial charge >= 0.3 is 6.18 Å². The first-order chi connectivity index (χ1) is 14.6. The molecule has 2 heterocycles. The Hall–Kier alpha value is -3.16. The molecule has 8 heteroatoms. The van der Waals surface area contributed by atoms with E-state index in [1.807, 2.05) is 0 Å². The van der Waals surface area contributed by atoms with Crippen LogP contribution in [0.3, 0.4) is 0 Å². The summed E-state index contributed by atoms with van der Waals surface area (Å²) >= 11 is 0. The van der Waals surface area contributed by atoms with Crippen LogP contribution < -0.4 is 10.3 Å². The fourth-order valence-corrected chi connectivity index (χ4v) is 3.69. The van der Waals surface area contributed by atoms with Gasteiger partial charge in [-0.25, -0.2) is 4.39 Å². The summed E-state index contributed by atoms with van der Waals surface area (Å²) < 4.78 is 61.6. The van der Waals surface area contributed by atoms with Crippen LogP contribution in [0.5, 0.6) is 11.5 Å². The summed E-state index contributed by atoms with van der Waals surface area (Å²) in [7, 11) is 0. The number of aromatic amines is 1. The van der Waals surface area contributed by atoms with Crippen molar-refractivity contribution in [2.75, 3.05) is 0 Å². The molecule has 1 aliphatic carbocycles. The third-order valence-electron chi connectivity index (χ3n) is 5.17. The van der Waals surface area contributed by atoms with E-state index in [1.54, 1.807) is 26.0 Å². The van der Waals surface area contributed by atoms with Crippen molar-refractivity contribution in [1.29, 1.82) is 0 Å². The molecule has 0 spiro atoms. The highest BCUT2D eigenvalue weighted by Gasteiger charge is 2.39. The third-order valence-corrected chi connectivity index (χ3v) is 5.17. The highest BCUT2D eigenvalue weighted by Crippen LogP contribution is 2.41. The number of alkyl halides is 3. The van der Waals surface area contributed by atoms with Crippen molar-refractivity contribution in [3.05, 3.63) is 75.2 Å². The van der Waals surface area contributed by atoms with Crippen molar-refractivity contribution >= 4 is 0 Å². The maximum atomic E-state index is 14.9. The van der Waals surface area contributed by atoms with Gasteiger partial charge in [-0.2, -0.15) is 13.2 Å². The van der Waals surface area contributed by atoms with Crippen molar-refractivity contribution in [3.8, 4) is 22.6 Å². The fraction of sp³-hybridized carbons (Fsp3) is 0.304. The van der Waals surface area contributed by atoms with E-state index in [4.69, 9.17) is 4.74 Å². The lowest BCUT2D eigenvalue weighted by molar-refractivity contribution is -0.138. The number of aromatic nitrogens is 2. The van der Waals surface area contributed by atoms with E-state index in [9.17, 15) is 22.4 Å². The summed E-state index contributed by atoms with van der Waals surface area (Å²) in [5.74, 6) is -0.305. The lowest BCUT2D eigenvalue weighted by Crippen LogP contribution is -2.24. The predicted molar refractivity (Wildman–Crippen MR) is 108 cm³/mol. The van der Waals surface area contributed by atoms with E-state index < -0.39 is 23.1 Å². The van der Waals surface area contributed by atoms with Crippen molar-refractivity contribution < 1.29 is 22.3 Å². The predicted octanol–water partition coefficient (Wildman–Crippen LogP) is 5.96. The van der Waals surface area contributed by atoms with E-state index in [0.29, 0.717) is 29.1 Å². The van der Waals surface area contributed by atoms with Gasteiger partial charge in [-0.1, -0.05) is 6.07 Å². The van der Waals surface area contributed by atoms with Crippen LogP contribution in [0.1, 0.15) is 35.4 Å². The smallest absolute Gasteiger partial charge is 0.422 e. The lowest BCUT2D eigenvalue weighted by Gasteiger charge is -2.17. The molecule has 0 saturated heterocycles. The maximum Gasteiger partial charge on any atom is 0.422 e. The highest BCUT2D eigenvalue weighted by molar-refractivity contribution is 5.72. The van der Waals surface area contributed by atoms with E-state index in [0.717, 1.165) is 18.9 Å². The Kier molecular flexibility index (Phi) is 5.33. The van der Waals surface area contributed by atoms with Crippen molar-refractivity contribution in [3.63, 3.8) is 0 Å².